The van der Waals surface area contributed by atoms with Crippen LogP contribution in [0.3, 0.4) is 0 Å². The van der Waals surface area contributed by atoms with Gasteiger partial charge in [-0.15, -0.1) is 0 Å². The first-order chi connectivity index (χ1) is 9.59. The molecule has 0 atom stereocenters. The van der Waals surface area contributed by atoms with Crippen LogP contribution in [0, 0.1) is 0 Å². The van der Waals surface area contributed by atoms with Gasteiger partial charge in [0.2, 0.25) is 0 Å². The molecule has 1 heterocycles. The highest BCUT2D eigenvalue weighted by molar-refractivity contribution is 5.44. The summed E-state index contributed by atoms with van der Waals surface area (Å²) in [6.45, 7) is 9.32. The van der Waals surface area contributed by atoms with Gasteiger partial charge in [-0.2, -0.15) is 0 Å². The van der Waals surface area contributed by atoms with Crippen molar-refractivity contribution in [3.05, 3.63) is 59.4 Å². The van der Waals surface area contributed by atoms with Crippen LogP contribution in [0.4, 0.5) is 0 Å². The van der Waals surface area contributed by atoms with E-state index in [-0.39, 0.29) is 0 Å². The number of ether oxygens (including phenoxy) is 1. The maximum atomic E-state index is 6.11. The molecule has 0 saturated carbocycles. The first kappa shape index (κ1) is 14.6. The van der Waals surface area contributed by atoms with Crippen molar-refractivity contribution in [2.45, 2.75) is 46.1 Å². The third kappa shape index (κ3) is 3.38. The van der Waals surface area contributed by atoms with E-state index in [0.29, 0.717) is 18.4 Å². The Kier molecular flexibility index (Phi) is 4.78. The van der Waals surface area contributed by atoms with Crippen LogP contribution in [-0.2, 0) is 6.61 Å². The molecule has 0 fully saturated rings. The lowest BCUT2D eigenvalue weighted by Crippen LogP contribution is -2.05. The van der Waals surface area contributed by atoms with Crippen molar-refractivity contribution >= 4 is 0 Å². The first-order valence-electron chi connectivity index (χ1n) is 7.25. The van der Waals surface area contributed by atoms with Gasteiger partial charge in [-0.3, -0.25) is 4.98 Å². The van der Waals surface area contributed by atoms with Gasteiger partial charge in [0, 0.05) is 6.20 Å². The SMILES string of the molecule is CC(C)c1cccc(C(C)C)c1OCc1ccccn1. The van der Waals surface area contributed by atoms with E-state index in [1.807, 2.05) is 18.2 Å². The molecule has 2 heteroatoms. The summed E-state index contributed by atoms with van der Waals surface area (Å²) in [6.07, 6.45) is 1.80. The van der Waals surface area contributed by atoms with Crippen molar-refractivity contribution < 1.29 is 4.74 Å². The van der Waals surface area contributed by atoms with Crippen LogP contribution in [0.15, 0.2) is 42.6 Å². The molecule has 0 N–H and O–H groups in total. The van der Waals surface area contributed by atoms with Gasteiger partial charge in [-0.25, -0.2) is 0 Å². The molecule has 106 valence electrons. The van der Waals surface area contributed by atoms with Crippen LogP contribution in [0.1, 0.15) is 56.4 Å². The van der Waals surface area contributed by atoms with Crippen LogP contribution in [0.2, 0.25) is 0 Å². The van der Waals surface area contributed by atoms with E-state index in [1.165, 1.54) is 11.1 Å². The molecule has 1 aromatic heterocycles. The second-order valence-corrected chi connectivity index (χ2v) is 5.68. The summed E-state index contributed by atoms with van der Waals surface area (Å²) < 4.78 is 6.11. The van der Waals surface area contributed by atoms with Crippen molar-refractivity contribution in [2.75, 3.05) is 0 Å². The molecule has 0 aliphatic carbocycles. The van der Waals surface area contributed by atoms with Crippen molar-refractivity contribution in [3.63, 3.8) is 0 Å². The largest absolute Gasteiger partial charge is 0.487 e. The number of rotatable bonds is 5. The maximum Gasteiger partial charge on any atom is 0.130 e. The predicted molar refractivity (Wildman–Crippen MR) is 83.2 cm³/mol. The van der Waals surface area contributed by atoms with Gasteiger partial charge in [-0.05, 0) is 35.1 Å². The third-order valence-corrected chi connectivity index (χ3v) is 3.41. The Bertz CT molecular complexity index is 520. The highest BCUT2D eigenvalue weighted by atomic mass is 16.5. The van der Waals surface area contributed by atoms with Gasteiger partial charge in [0.1, 0.15) is 12.4 Å². The summed E-state index contributed by atoms with van der Waals surface area (Å²) in [5.41, 5.74) is 3.50. The highest BCUT2D eigenvalue weighted by Gasteiger charge is 2.15. The van der Waals surface area contributed by atoms with E-state index in [1.54, 1.807) is 6.20 Å². The quantitative estimate of drug-likeness (QED) is 0.769. The summed E-state index contributed by atoms with van der Waals surface area (Å²) in [4.78, 5) is 4.32. The van der Waals surface area contributed by atoms with Gasteiger partial charge in [-0.1, -0.05) is 52.0 Å². The van der Waals surface area contributed by atoms with Crippen molar-refractivity contribution in [3.8, 4) is 5.75 Å². The van der Waals surface area contributed by atoms with Gasteiger partial charge in [0.15, 0.2) is 0 Å². The Labute approximate surface area is 121 Å². The number of hydrogen-bond donors (Lipinski definition) is 0. The molecule has 2 nitrogen and oxygen atoms in total. The Balaban J connectivity index is 2.28. The van der Waals surface area contributed by atoms with Crippen molar-refractivity contribution in [1.82, 2.24) is 4.98 Å². The lowest BCUT2D eigenvalue weighted by atomic mass is 9.94. The van der Waals surface area contributed by atoms with E-state index >= 15 is 0 Å². The number of benzene rings is 1. The van der Waals surface area contributed by atoms with E-state index in [2.05, 4.69) is 50.9 Å². The molecule has 0 aliphatic rings. The van der Waals surface area contributed by atoms with Crippen LogP contribution >= 0.6 is 0 Å². The lowest BCUT2D eigenvalue weighted by molar-refractivity contribution is 0.292. The zero-order valence-corrected chi connectivity index (χ0v) is 12.8. The fourth-order valence-corrected chi connectivity index (χ4v) is 2.28. The van der Waals surface area contributed by atoms with Crippen molar-refractivity contribution in [2.24, 2.45) is 0 Å². The molecule has 0 unspecified atom stereocenters. The molecule has 0 spiro atoms. The zero-order valence-electron chi connectivity index (χ0n) is 12.8. The average Bonchev–Trinajstić information content (AvgIpc) is 2.45. The number of hydrogen-bond acceptors (Lipinski definition) is 2. The fraction of sp³-hybridized carbons (Fsp3) is 0.389. The molecular weight excluding hydrogens is 246 g/mol. The second kappa shape index (κ2) is 6.56. The summed E-state index contributed by atoms with van der Waals surface area (Å²) in [6, 6.07) is 12.3. The van der Waals surface area contributed by atoms with Crippen LogP contribution in [-0.4, -0.2) is 4.98 Å². The van der Waals surface area contributed by atoms with Crippen LogP contribution in [0.5, 0.6) is 5.75 Å². The summed E-state index contributed by atoms with van der Waals surface area (Å²) in [5, 5.41) is 0. The predicted octanol–water partition coefficient (Wildman–Crippen LogP) is 4.91. The molecule has 2 aromatic rings. The highest BCUT2D eigenvalue weighted by Crippen LogP contribution is 2.34. The smallest absolute Gasteiger partial charge is 0.130 e. The van der Waals surface area contributed by atoms with Crippen LogP contribution in [0.25, 0.3) is 0 Å². The zero-order chi connectivity index (χ0) is 14.5. The molecule has 1 aromatic carbocycles. The van der Waals surface area contributed by atoms with Gasteiger partial charge in [0.25, 0.3) is 0 Å². The molecule has 0 saturated heterocycles. The standard InChI is InChI=1S/C18H23NO/c1-13(2)16-9-7-10-17(14(3)4)18(16)20-12-15-8-5-6-11-19-15/h5-11,13-14H,12H2,1-4H3. The van der Waals surface area contributed by atoms with Gasteiger partial charge < -0.3 is 4.74 Å². The summed E-state index contributed by atoms with van der Waals surface area (Å²) in [5.74, 6) is 1.93. The number of para-hydroxylation sites is 1. The topological polar surface area (TPSA) is 22.1 Å². The Hall–Kier alpha value is -1.83. The van der Waals surface area contributed by atoms with E-state index in [4.69, 9.17) is 4.74 Å². The second-order valence-electron chi connectivity index (χ2n) is 5.68. The number of aromatic nitrogens is 1. The molecule has 0 radical (unpaired) electrons. The Morgan fingerprint density at radius 3 is 2.05 bits per heavy atom. The fourth-order valence-electron chi connectivity index (χ4n) is 2.28. The van der Waals surface area contributed by atoms with Gasteiger partial charge >= 0.3 is 0 Å². The average molecular weight is 269 g/mol. The monoisotopic (exact) mass is 269 g/mol. The minimum Gasteiger partial charge on any atom is -0.487 e. The summed E-state index contributed by atoms with van der Waals surface area (Å²) >= 11 is 0. The molecule has 0 bridgehead atoms. The Morgan fingerprint density at radius 1 is 0.900 bits per heavy atom. The molecule has 0 amide bonds. The maximum absolute atomic E-state index is 6.11. The molecule has 0 aliphatic heterocycles. The van der Waals surface area contributed by atoms with Crippen LogP contribution < -0.4 is 4.74 Å². The molecule has 2 rings (SSSR count). The van der Waals surface area contributed by atoms with E-state index < -0.39 is 0 Å². The number of pyridine rings is 1. The van der Waals surface area contributed by atoms with E-state index in [0.717, 1.165) is 11.4 Å². The number of nitrogens with zero attached hydrogens (tertiary/aromatic N) is 1. The van der Waals surface area contributed by atoms with Crippen molar-refractivity contribution in [1.29, 1.82) is 0 Å². The Morgan fingerprint density at radius 2 is 1.55 bits per heavy atom. The lowest BCUT2D eigenvalue weighted by Gasteiger charge is -2.19. The molecular formula is C18H23NO. The van der Waals surface area contributed by atoms with E-state index in [9.17, 15) is 0 Å². The normalized spacial score (nSPS) is 11.1. The molecule has 20 heavy (non-hydrogen) atoms. The minimum atomic E-state index is 0.451. The first-order valence-corrected chi connectivity index (χ1v) is 7.25. The van der Waals surface area contributed by atoms with Gasteiger partial charge in [0.05, 0.1) is 5.69 Å². The minimum absolute atomic E-state index is 0.451. The summed E-state index contributed by atoms with van der Waals surface area (Å²) in [7, 11) is 0. The third-order valence-electron chi connectivity index (χ3n) is 3.41.